The number of aryl methyl sites for hydroxylation is 1. The van der Waals surface area contributed by atoms with E-state index in [2.05, 4.69) is 10.9 Å². The minimum absolute atomic E-state index is 0.00563. The molecule has 2 N–H and O–H groups in total. The van der Waals surface area contributed by atoms with Crippen molar-refractivity contribution in [2.75, 3.05) is 6.61 Å². The number of nitrogens with one attached hydrogen (secondary N) is 2. The van der Waals surface area contributed by atoms with Crippen LogP contribution in [0.2, 0.25) is 0 Å². The Balaban J connectivity index is 1.51. The Labute approximate surface area is 163 Å². The van der Waals surface area contributed by atoms with E-state index < -0.39 is 29.3 Å². The highest BCUT2D eigenvalue weighted by molar-refractivity contribution is 5.97. The number of carbonyl (C=O) groups is 3. The van der Waals surface area contributed by atoms with E-state index in [0.29, 0.717) is 11.1 Å². The number of hydrogen-bond donors (Lipinski definition) is 2. The fraction of sp³-hybridized carbons (Fsp3) is 0.105. The smallest absolute Gasteiger partial charge is 0.375 e. The van der Waals surface area contributed by atoms with Crippen LogP contribution < -0.4 is 10.9 Å². The Kier molecular flexibility index (Phi) is 5.54. The maximum atomic E-state index is 12.1. The van der Waals surface area contributed by atoms with Crippen LogP contribution in [0.25, 0.3) is 11.0 Å². The molecule has 10 nitrogen and oxygen atoms in total. The van der Waals surface area contributed by atoms with Crippen LogP contribution in [0.3, 0.4) is 0 Å². The van der Waals surface area contributed by atoms with E-state index in [4.69, 9.17) is 9.15 Å². The molecular weight excluding hydrogens is 382 g/mol. The van der Waals surface area contributed by atoms with Gasteiger partial charge in [0.05, 0.1) is 4.92 Å². The SMILES string of the molecule is Cc1c(C(=O)OCC(=O)NNC(=O)c2ccc([N+](=O)[O-])cc2)oc2ccccc12. The largest absolute Gasteiger partial charge is 0.450 e. The van der Waals surface area contributed by atoms with Gasteiger partial charge in [-0.05, 0) is 25.1 Å². The van der Waals surface area contributed by atoms with Gasteiger partial charge in [0, 0.05) is 28.6 Å². The zero-order valence-electron chi connectivity index (χ0n) is 15.1. The van der Waals surface area contributed by atoms with Crippen LogP contribution in [0.4, 0.5) is 5.69 Å². The van der Waals surface area contributed by atoms with Crippen molar-refractivity contribution in [1.29, 1.82) is 0 Å². The number of non-ortho nitro benzene ring substituents is 1. The summed E-state index contributed by atoms with van der Waals surface area (Å²) in [6.07, 6.45) is 0. The van der Waals surface area contributed by atoms with E-state index in [1.807, 2.05) is 0 Å². The van der Waals surface area contributed by atoms with Gasteiger partial charge in [-0.2, -0.15) is 0 Å². The second-order valence-electron chi connectivity index (χ2n) is 5.93. The molecule has 0 saturated heterocycles. The van der Waals surface area contributed by atoms with Crippen molar-refractivity contribution >= 4 is 34.4 Å². The van der Waals surface area contributed by atoms with E-state index in [0.717, 1.165) is 17.5 Å². The van der Waals surface area contributed by atoms with Crippen LogP contribution in [0, 0.1) is 17.0 Å². The second kappa shape index (κ2) is 8.21. The predicted octanol–water partition coefficient (Wildman–Crippen LogP) is 2.27. The summed E-state index contributed by atoms with van der Waals surface area (Å²) in [6.45, 7) is 1.06. The molecule has 0 aliphatic heterocycles. The van der Waals surface area contributed by atoms with Gasteiger partial charge >= 0.3 is 5.97 Å². The molecule has 0 fully saturated rings. The summed E-state index contributed by atoms with van der Waals surface area (Å²) in [5, 5.41) is 11.4. The van der Waals surface area contributed by atoms with Crippen LogP contribution in [-0.2, 0) is 9.53 Å². The maximum absolute atomic E-state index is 12.1. The third kappa shape index (κ3) is 4.38. The van der Waals surface area contributed by atoms with Crippen LogP contribution in [0.15, 0.2) is 52.9 Å². The number of carbonyl (C=O) groups excluding carboxylic acids is 3. The Hall–Kier alpha value is -4.21. The van der Waals surface area contributed by atoms with Crippen molar-refractivity contribution in [3.8, 4) is 0 Å². The summed E-state index contributed by atoms with van der Waals surface area (Å²) in [4.78, 5) is 45.9. The summed E-state index contributed by atoms with van der Waals surface area (Å²) in [6, 6.07) is 11.9. The third-order valence-electron chi connectivity index (χ3n) is 4.02. The fourth-order valence-corrected chi connectivity index (χ4v) is 2.53. The number of fused-ring (bicyclic) bond motifs is 1. The second-order valence-corrected chi connectivity index (χ2v) is 5.93. The van der Waals surface area contributed by atoms with Crippen LogP contribution in [-0.4, -0.2) is 29.3 Å². The summed E-state index contributed by atoms with van der Waals surface area (Å²) in [5.74, 6) is -2.28. The highest BCUT2D eigenvalue weighted by atomic mass is 16.6. The molecule has 2 aromatic carbocycles. The average Bonchev–Trinajstić information content (AvgIpc) is 3.07. The van der Waals surface area contributed by atoms with Crippen LogP contribution >= 0.6 is 0 Å². The summed E-state index contributed by atoms with van der Waals surface area (Å²) in [7, 11) is 0. The molecule has 0 aliphatic rings. The first-order chi connectivity index (χ1) is 13.9. The summed E-state index contributed by atoms with van der Waals surface area (Å²) >= 11 is 0. The number of furan rings is 1. The predicted molar refractivity (Wildman–Crippen MR) is 99.9 cm³/mol. The number of ether oxygens (including phenoxy) is 1. The zero-order valence-corrected chi connectivity index (χ0v) is 15.1. The molecule has 0 radical (unpaired) electrons. The molecule has 29 heavy (non-hydrogen) atoms. The average molecular weight is 397 g/mol. The number of amides is 2. The molecule has 2 amide bonds. The van der Waals surface area contributed by atoms with E-state index in [1.54, 1.807) is 31.2 Å². The van der Waals surface area contributed by atoms with Gasteiger partial charge in [0.1, 0.15) is 5.58 Å². The molecule has 148 valence electrons. The van der Waals surface area contributed by atoms with Crippen molar-refractivity contribution in [3.63, 3.8) is 0 Å². The van der Waals surface area contributed by atoms with Gasteiger partial charge in [0.2, 0.25) is 5.76 Å². The number of rotatable bonds is 5. The molecular formula is C19H15N3O7. The number of hydrazine groups is 1. The first kappa shape index (κ1) is 19.5. The van der Waals surface area contributed by atoms with Crippen molar-refractivity contribution in [3.05, 3.63) is 75.5 Å². The molecule has 0 aliphatic carbocycles. The molecule has 0 spiro atoms. The number of nitro benzene ring substituents is 1. The topological polar surface area (TPSA) is 141 Å². The third-order valence-corrected chi connectivity index (χ3v) is 4.02. The van der Waals surface area contributed by atoms with E-state index in [1.165, 1.54) is 12.1 Å². The van der Waals surface area contributed by atoms with Gasteiger partial charge in [0.25, 0.3) is 17.5 Å². The minimum atomic E-state index is -0.810. The lowest BCUT2D eigenvalue weighted by Gasteiger charge is -2.07. The number of hydrogen-bond acceptors (Lipinski definition) is 7. The summed E-state index contributed by atoms with van der Waals surface area (Å²) < 4.78 is 10.4. The highest BCUT2D eigenvalue weighted by Gasteiger charge is 2.20. The quantitative estimate of drug-likeness (QED) is 0.382. The van der Waals surface area contributed by atoms with Gasteiger partial charge in [-0.3, -0.25) is 30.6 Å². The Bertz CT molecular complexity index is 1100. The summed E-state index contributed by atoms with van der Waals surface area (Å²) in [5.41, 5.74) is 5.26. The van der Waals surface area contributed by atoms with Gasteiger partial charge in [-0.1, -0.05) is 18.2 Å². The van der Waals surface area contributed by atoms with Crippen LogP contribution in [0.5, 0.6) is 0 Å². The molecule has 10 heteroatoms. The van der Waals surface area contributed by atoms with Crippen molar-refractivity contribution in [2.45, 2.75) is 6.92 Å². The molecule has 3 rings (SSSR count). The molecule has 0 unspecified atom stereocenters. The van der Waals surface area contributed by atoms with E-state index >= 15 is 0 Å². The van der Waals surface area contributed by atoms with Gasteiger partial charge < -0.3 is 9.15 Å². The Morgan fingerprint density at radius 3 is 2.41 bits per heavy atom. The first-order valence-corrected chi connectivity index (χ1v) is 8.35. The van der Waals surface area contributed by atoms with Crippen LogP contribution in [0.1, 0.15) is 26.5 Å². The first-order valence-electron chi connectivity index (χ1n) is 8.35. The Morgan fingerprint density at radius 1 is 1.07 bits per heavy atom. The van der Waals surface area contributed by atoms with E-state index in [-0.39, 0.29) is 17.0 Å². The maximum Gasteiger partial charge on any atom is 0.375 e. The zero-order chi connectivity index (χ0) is 21.0. The molecule has 1 heterocycles. The number of esters is 1. The van der Waals surface area contributed by atoms with Gasteiger partial charge in [-0.15, -0.1) is 0 Å². The van der Waals surface area contributed by atoms with Gasteiger partial charge in [0.15, 0.2) is 6.61 Å². The van der Waals surface area contributed by atoms with E-state index in [9.17, 15) is 24.5 Å². The fourth-order valence-electron chi connectivity index (χ4n) is 2.53. The molecule has 3 aromatic rings. The van der Waals surface area contributed by atoms with Gasteiger partial charge in [-0.25, -0.2) is 4.79 Å². The van der Waals surface area contributed by atoms with Crippen molar-refractivity contribution in [1.82, 2.24) is 10.9 Å². The Morgan fingerprint density at radius 2 is 1.76 bits per heavy atom. The molecule has 0 bridgehead atoms. The lowest BCUT2D eigenvalue weighted by molar-refractivity contribution is -0.384. The van der Waals surface area contributed by atoms with Crippen molar-refractivity contribution in [2.24, 2.45) is 0 Å². The highest BCUT2D eigenvalue weighted by Crippen LogP contribution is 2.25. The number of para-hydroxylation sites is 1. The lowest BCUT2D eigenvalue weighted by atomic mass is 10.1. The number of benzene rings is 2. The normalized spacial score (nSPS) is 10.4. The molecule has 0 atom stereocenters. The molecule has 1 aromatic heterocycles. The molecule has 0 saturated carbocycles. The monoisotopic (exact) mass is 397 g/mol. The number of nitro groups is 1. The minimum Gasteiger partial charge on any atom is -0.450 e. The lowest BCUT2D eigenvalue weighted by Crippen LogP contribution is -2.43. The standard InChI is InChI=1S/C19H15N3O7/c1-11-14-4-2-3-5-15(14)29-17(11)19(25)28-10-16(23)20-21-18(24)12-6-8-13(9-7-12)22(26)27/h2-9H,10H2,1H3,(H,20,23)(H,21,24). The number of nitrogens with zero attached hydrogens (tertiary/aromatic N) is 1. The van der Waals surface area contributed by atoms with Crippen molar-refractivity contribution < 1.29 is 28.5 Å².